The maximum absolute atomic E-state index is 11.7. The average Bonchev–Trinajstić information content (AvgIpc) is 2.87. The fourth-order valence-electron chi connectivity index (χ4n) is 1.68. The number of hydrogen-bond acceptors (Lipinski definition) is 3. The molecule has 2 rings (SSSR count). The van der Waals surface area contributed by atoms with Crippen molar-refractivity contribution in [1.29, 1.82) is 0 Å². The normalized spacial score (nSPS) is 30.5. The first-order valence-corrected chi connectivity index (χ1v) is 6.55. The predicted molar refractivity (Wildman–Crippen MR) is 53.9 cm³/mol. The number of nitrogens with two attached hydrogens (primary N) is 1. The summed E-state index contributed by atoms with van der Waals surface area (Å²) in [6, 6.07) is 0.178. The van der Waals surface area contributed by atoms with E-state index in [0.717, 1.165) is 25.7 Å². The van der Waals surface area contributed by atoms with E-state index in [1.807, 2.05) is 0 Å². The highest BCUT2D eigenvalue weighted by Crippen LogP contribution is 2.21. The van der Waals surface area contributed by atoms with Crippen molar-refractivity contribution in [3.05, 3.63) is 0 Å². The van der Waals surface area contributed by atoms with Crippen molar-refractivity contribution >= 4 is 10.2 Å². The molecule has 1 heterocycles. The average molecular weight is 219 g/mol. The Balaban J connectivity index is 1.97. The summed E-state index contributed by atoms with van der Waals surface area (Å²) in [4.78, 5) is 0. The number of nitrogens with zero attached hydrogens (tertiary/aromatic N) is 1. The van der Waals surface area contributed by atoms with Gasteiger partial charge in [-0.2, -0.15) is 17.4 Å². The first-order chi connectivity index (χ1) is 6.58. The Labute approximate surface area is 84.8 Å². The molecule has 14 heavy (non-hydrogen) atoms. The lowest BCUT2D eigenvalue weighted by Gasteiger charge is -2.29. The van der Waals surface area contributed by atoms with Crippen LogP contribution < -0.4 is 10.5 Å². The molecule has 1 aliphatic carbocycles. The van der Waals surface area contributed by atoms with Gasteiger partial charge in [0.25, 0.3) is 10.2 Å². The van der Waals surface area contributed by atoms with Crippen molar-refractivity contribution < 1.29 is 8.42 Å². The van der Waals surface area contributed by atoms with Crippen LogP contribution in [0.25, 0.3) is 0 Å². The smallest absolute Gasteiger partial charge is 0.279 e. The summed E-state index contributed by atoms with van der Waals surface area (Å²) in [5.41, 5.74) is 5.73. The molecule has 0 amide bonds. The second-order valence-corrected chi connectivity index (χ2v) is 5.86. The first-order valence-electron chi connectivity index (χ1n) is 5.11. The molecule has 0 aromatic heterocycles. The topological polar surface area (TPSA) is 75.4 Å². The van der Waals surface area contributed by atoms with E-state index in [1.165, 1.54) is 4.31 Å². The molecular weight excluding hydrogens is 202 g/mol. The molecule has 3 N–H and O–H groups in total. The fraction of sp³-hybridized carbons (Fsp3) is 1.00. The molecule has 0 radical (unpaired) electrons. The van der Waals surface area contributed by atoms with Crippen LogP contribution in [-0.2, 0) is 10.2 Å². The Bertz CT molecular complexity index is 300. The summed E-state index contributed by atoms with van der Waals surface area (Å²) in [6.45, 7) is 1.07. The summed E-state index contributed by atoms with van der Waals surface area (Å²) in [5.74, 6) is 0. The molecule has 1 unspecified atom stereocenters. The van der Waals surface area contributed by atoms with Gasteiger partial charge < -0.3 is 5.73 Å². The van der Waals surface area contributed by atoms with Crippen LogP contribution in [0.1, 0.15) is 25.7 Å². The van der Waals surface area contributed by atoms with Crippen LogP contribution in [0.5, 0.6) is 0 Å². The number of piperidine rings is 1. The minimum Gasteiger partial charge on any atom is -0.327 e. The van der Waals surface area contributed by atoms with E-state index in [-0.39, 0.29) is 12.1 Å². The van der Waals surface area contributed by atoms with E-state index < -0.39 is 10.2 Å². The third kappa shape index (κ3) is 2.44. The molecule has 2 aliphatic rings. The van der Waals surface area contributed by atoms with Gasteiger partial charge in [0.05, 0.1) is 0 Å². The molecule has 0 aromatic rings. The van der Waals surface area contributed by atoms with Crippen molar-refractivity contribution in [2.75, 3.05) is 13.1 Å². The number of hydrogen-bond donors (Lipinski definition) is 2. The highest BCUT2D eigenvalue weighted by molar-refractivity contribution is 7.87. The zero-order chi connectivity index (χ0) is 10.2. The lowest BCUT2D eigenvalue weighted by atomic mass is 10.1. The summed E-state index contributed by atoms with van der Waals surface area (Å²) in [6.07, 6.45) is 3.74. The van der Waals surface area contributed by atoms with E-state index in [4.69, 9.17) is 5.73 Å². The van der Waals surface area contributed by atoms with E-state index in [0.29, 0.717) is 13.1 Å². The standard InChI is InChI=1S/C8H17N3O2S/c9-7-2-1-5-11(6-7)14(12,13)10-8-3-4-8/h7-8,10H,1-6,9H2. The monoisotopic (exact) mass is 219 g/mol. The molecule has 1 saturated carbocycles. The van der Waals surface area contributed by atoms with E-state index >= 15 is 0 Å². The van der Waals surface area contributed by atoms with Gasteiger partial charge in [0.2, 0.25) is 0 Å². The van der Waals surface area contributed by atoms with Gasteiger partial charge in [-0.15, -0.1) is 0 Å². The van der Waals surface area contributed by atoms with Crippen LogP contribution in [-0.4, -0.2) is 37.9 Å². The van der Waals surface area contributed by atoms with Crippen LogP contribution in [0.2, 0.25) is 0 Å². The zero-order valence-corrected chi connectivity index (χ0v) is 8.96. The summed E-state index contributed by atoms with van der Waals surface area (Å²) >= 11 is 0. The van der Waals surface area contributed by atoms with Gasteiger partial charge in [0.1, 0.15) is 0 Å². The molecule has 1 saturated heterocycles. The number of nitrogens with one attached hydrogen (secondary N) is 1. The lowest BCUT2D eigenvalue weighted by molar-refractivity contribution is 0.312. The quantitative estimate of drug-likeness (QED) is 0.666. The summed E-state index contributed by atoms with van der Waals surface area (Å²) in [5, 5.41) is 0. The van der Waals surface area contributed by atoms with Crippen LogP contribution in [0.4, 0.5) is 0 Å². The predicted octanol–water partition coefficient (Wildman–Crippen LogP) is -0.594. The van der Waals surface area contributed by atoms with Gasteiger partial charge in [-0.25, -0.2) is 0 Å². The highest BCUT2D eigenvalue weighted by Gasteiger charge is 2.32. The summed E-state index contributed by atoms with van der Waals surface area (Å²) in [7, 11) is -3.25. The first kappa shape index (κ1) is 10.4. The molecule has 2 fully saturated rings. The molecule has 0 spiro atoms. The highest BCUT2D eigenvalue weighted by atomic mass is 32.2. The van der Waals surface area contributed by atoms with Gasteiger partial charge in [-0.1, -0.05) is 0 Å². The van der Waals surface area contributed by atoms with E-state index in [1.54, 1.807) is 0 Å². The van der Waals surface area contributed by atoms with Crippen molar-refractivity contribution in [1.82, 2.24) is 9.03 Å². The van der Waals surface area contributed by atoms with Gasteiger partial charge in [0.15, 0.2) is 0 Å². The molecule has 0 aromatic carbocycles. The maximum Gasteiger partial charge on any atom is 0.279 e. The van der Waals surface area contributed by atoms with Crippen LogP contribution in [0.3, 0.4) is 0 Å². The van der Waals surface area contributed by atoms with Crippen molar-refractivity contribution in [2.45, 2.75) is 37.8 Å². The fourth-order valence-corrected chi connectivity index (χ4v) is 3.24. The van der Waals surface area contributed by atoms with Crippen molar-refractivity contribution in [3.8, 4) is 0 Å². The van der Waals surface area contributed by atoms with Gasteiger partial charge in [-0.05, 0) is 25.7 Å². The van der Waals surface area contributed by atoms with Crippen LogP contribution in [0.15, 0.2) is 0 Å². The van der Waals surface area contributed by atoms with E-state index in [2.05, 4.69) is 4.72 Å². The molecule has 1 aliphatic heterocycles. The third-order valence-electron chi connectivity index (χ3n) is 2.65. The SMILES string of the molecule is NC1CCCN(S(=O)(=O)NC2CC2)C1. The maximum atomic E-state index is 11.7. The van der Waals surface area contributed by atoms with Crippen LogP contribution >= 0.6 is 0 Å². The second-order valence-electron chi connectivity index (χ2n) is 4.16. The van der Waals surface area contributed by atoms with Crippen LogP contribution in [0, 0.1) is 0 Å². The Hall–Kier alpha value is -0.170. The Morgan fingerprint density at radius 2 is 2.00 bits per heavy atom. The molecular formula is C8H17N3O2S. The lowest BCUT2D eigenvalue weighted by Crippen LogP contribution is -2.50. The Morgan fingerprint density at radius 1 is 1.29 bits per heavy atom. The minimum atomic E-state index is -3.25. The summed E-state index contributed by atoms with van der Waals surface area (Å²) < 4.78 is 27.6. The van der Waals surface area contributed by atoms with E-state index in [9.17, 15) is 8.42 Å². The number of rotatable bonds is 3. The van der Waals surface area contributed by atoms with Gasteiger partial charge >= 0.3 is 0 Å². The molecule has 82 valence electrons. The molecule has 5 nitrogen and oxygen atoms in total. The molecule has 1 atom stereocenters. The van der Waals surface area contributed by atoms with Gasteiger partial charge in [0, 0.05) is 25.2 Å². The van der Waals surface area contributed by atoms with Crippen molar-refractivity contribution in [3.63, 3.8) is 0 Å². The second kappa shape index (κ2) is 3.77. The largest absolute Gasteiger partial charge is 0.327 e. The Morgan fingerprint density at radius 3 is 2.57 bits per heavy atom. The molecule has 0 bridgehead atoms. The van der Waals surface area contributed by atoms with Crippen molar-refractivity contribution in [2.24, 2.45) is 5.73 Å². The Kier molecular flexibility index (Phi) is 2.79. The zero-order valence-electron chi connectivity index (χ0n) is 8.15. The third-order valence-corrected chi connectivity index (χ3v) is 4.30. The minimum absolute atomic E-state index is 0.000437. The van der Waals surface area contributed by atoms with Gasteiger partial charge in [-0.3, -0.25) is 0 Å². The molecule has 6 heteroatoms.